The zero-order chi connectivity index (χ0) is 8.72. The summed E-state index contributed by atoms with van der Waals surface area (Å²) in [6.45, 7) is 0. The van der Waals surface area contributed by atoms with E-state index in [9.17, 15) is 9.59 Å². The van der Waals surface area contributed by atoms with E-state index in [0.717, 1.165) is 0 Å². The quantitative estimate of drug-likeness (QED) is 0.500. The van der Waals surface area contributed by atoms with Crippen LogP contribution in [0.1, 0.15) is 0 Å². The minimum Gasteiger partial charge on any atom is -0.300 e. The fraction of sp³-hybridized carbons (Fsp3) is 0.333. The highest BCUT2D eigenvalue weighted by atomic mass is 16.2. The lowest BCUT2D eigenvalue weighted by Gasteiger charge is -2.27. The Morgan fingerprint density at radius 1 is 1.58 bits per heavy atom. The van der Waals surface area contributed by atoms with Gasteiger partial charge in [0.05, 0.1) is 0 Å². The summed E-state index contributed by atoms with van der Waals surface area (Å²) < 4.78 is 0. The molecule has 2 heterocycles. The Bertz CT molecular complexity index is 320. The van der Waals surface area contributed by atoms with Gasteiger partial charge < -0.3 is 0 Å². The predicted octanol–water partition coefficient (Wildman–Crippen LogP) is -1.02. The minimum atomic E-state index is -0.522. The summed E-state index contributed by atoms with van der Waals surface area (Å²) in [5.41, 5.74) is 0.275. The van der Waals surface area contributed by atoms with E-state index in [4.69, 9.17) is 0 Å². The van der Waals surface area contributed by atoms with Crippen molar-refractivity contribution in [3.63, 3.8) is 0 Å². The molecule has 1 N–H and O–H groups in total. The predicted molar refractivity (Wildman–Crippen MR) is 41.0 cm³/mol. The Kier molecular flexibility index (Phi) is 1.24. The van der Waals surface area contributed by atoms with Crippen molar-refractivity contribution in [1.82, 2.24) is 10.2 Å². The maximum absolute atomic E-state index is 11.1. The molecule has 1 fully saturated rings. The van der Waals surface area contributed by atoms with Gasteiger partial charge in [-0.15, -0.1) is 0 Å². The van der Waals surface area contributed by atoms with Crippen LogP contribution in [-0.4, -0.2) is 42.1 Å². The molecule has 0 bridgehead atoms. The van der Waals surface area contributed by atoms with Crippen molar-refractivity contribution in [3.8, 4) is 0 Å². The van der Waals surface area contributed by atoms with Crippen LogP contribution in [0.15, 0.2) is 9.98 Å². The molecule has 0 radical (unpaired) electrons. The van der Waals surface area contributed by atoms with Gasteiger partial charge in [-0.2, -0.15) is 0 Å². The fourth-order valence-corrected chi connectivity index (χ4v) is 1.12. The molecule has 2 aliphatic rings. The average Bonchev–Trinajstić information content (AvgIpc) is 2.48. The second-order valence-electron chi connectivity index (χ2n) is 2.52. The number of nitrogens with zero attached hydrogens (tertiary/aromatic N) is 3. The summed E-state index contributed by atoms with van der Waals surface area (Å²) in [7, 11) is 1.56. The molecular weight excluding hydrogens is 160 g/mol. The summed E-state index contributed by atoms with van der Waals surface area (Å²) in [6, 6.07) is -0.442. The van der Waals surface area contributed by atoms with Crippen LogP contribution >= 0.6 is 0 Å². The molecular formula is C6H6N4O2. The molecule has 12 heavy (non-hydrogen) atoms. The molecule has 2 aliphatic heterocycles. The molecule has 1 saturated heterocycles. The highest BCUT2D eigenvalue weighted by Crippen LogP contribution is 2.10. The summed E-state index contributed by atoms with van der Waals surface area (Å²) in [5, 5.41) is 2.14. The zero-order valence-corrected chi connectivity index (χ0v) is 6.31. The van der Waals surface area contributed by atoms with Crippen molar-refractivity contribution >= 4 is 24.0 Å². The largest absolute Gasteiger partial charge is 0.326 e. The van der Waals surface area contributed by atoms with Gasteiger partial charge in [0.15, 0.2) is 11.9 Å². The number of hydrogen-bond acceptors (Lipinski definition) is 4. The van der Waals surface area contributed by atoms with Crippen molar-refractivity contribution in [1.29, 1.82) is 0 Å². The zero-order valence-electron chi connectivity index (χ0n) is 6.31. The van der Waals surface area contributed by atoms with Crippen LogP contribution < -0.4 is 5.32 Å². The van der Waals surface area contributed by atoms with Crippen LogP contribution in [0, 0.1) is 0 Å². The molecule has 2 rings (SSSR count). The van der Waals surface area contributed by atoms with Crippen LogP contribution in [0.3, 0.4) is 0 Å². The second kappa shape index (κ2) is 2.13. The maximum atomic E-state index is 11.1. The van der Waals surface area contributed by atoms with Crippen molar-refractivity contribution in [3.05, 3.63) is 0 Å². The first-order valence-electron chi connectivity index (χ1n) is 3.37. The molecule has 0 spiro atoms. The first-order valence-corrected chi connectivity index (χ1v) is 3.37. The van der Waals surface area contributed by atoms with Gasteiger partial charge in [0.2, 0.25) is 0 Å². The molecule has 0 aromatic rings. The average molecular weight is 166 g/mol. The summed E-state index contributed by atoms with van der Waals surface area (Å²) >= 11 is 0. The van der Waals surface area contributed by atoms with E-state index in [1.54, 1.807) is 7.05 Å². The monoisotopic (exact) mass is 166 g/mol. The Labute approximate surface area is 68.0 Å². The summed E-state index contributed by atoms with van der Waals surface area (Å²) in [4.78, 5) is 31.0. The van der Waals surface area contributed by atoms with Crippen molar-refractivity contribution < 1.29 is 9.59 Å². The molecule has 0 saturated carbocycles. The standard InChI is InChI=1S/C6H6N4O2/c1-10-4-3(7-2-8-4)5(11)9-6(10)12/h2,4H,1H3,(H,9,11,12)/t4-/m0/s1. The van der Waals surface area contributed by atoms with E-state index >= 15 is 0 Å². The first-order chi connectivity index (χ1) is 5.70. The summed E-state index contributed by atoms with van der Waals surface area (Å²) in [6.07, 6.45) is 0.764. The van der Waals surface area contributed by atoms with Gasteiger partial charge in [-0.1, -0.05) is 0 Å². The van der Waals surface area contributed by atoms with E-state index in [1.165, 1.54) is 11.2 Å². The van der Waals surface area contributed by atoms with Crippen LogP contribution in [0.2, 0.25) is 0 Å². The van der Waals surface area contributed by atoms with Gasteiger partial charge in [0.25, 0.3) is 5.91 Å². The third-order valence-electron chi connectivity index (χ3n) is 1.79. The van der Waals surface area contributed by atoms with Crippen LogP contribution in [0.25, 0.3) is 0 Å². The first kappa shape index (κ1) is 6.96. The smallest absolute Gasteiger partial charge is 0.300 e. The third kappa shape index (κ3) is 0.744. The van der Waals surface area contributed by atoms with Crippen molar-refractivity contribution in [2.75, 3.05) is 7.05 Å². The number of rotatable bonds is 0. The topological polar surface area (TPSA) is 74.1 Å². The Morgan fingerprint density at radius 2 is 2.33 bits per heavy atom. The van der Waals surface area contributed by atoms with E-state index in [0.29, 0.717) is 0 Å². The van der Waals surface area contributed by atoms with E-state index < -0.39 is 18.1 Å². The van der Waals surface area contributed by atoms with Gasteiger partial charge in [-0.25, -0.2) is 14.8 Å². The van der Waals surface area contributed by atoms with E-state index in [1.807, 2.05) is 0 Å². The summed E-state index contributed by atoms with van der Waals surface area (Å²) in [5.74, 6) is -0.458. The van der Waals surface area contributed by atoms with Crippen molar-refractivity contribution in [2.45, 2.75) is 6.17 Å². The number of nitrogens with one attached hydrogen (secondary N) is 1. The molecule has 0 aliphatic carbocycles. The SMILES string of the molecule is CN1C(=O)NC(=O)C2=NC=N[C@H]21. The number of carbonyl (C=O) groups is 2. The van der Waals surface area contributed by atoms with Gasteiger partial charge in [0.1, 0.15) is 6.34 Å². The Hall–Kier alpha value is -1.72. The number of fused-ring (bicyclic) bond motifs is 1. The molecule has 6 heteroatoms. The Morgan fingerprint density at radius 3 is 3.08 bits per heavy atom. The minimum absolute atomic E-state index is 0.275. The number of amides is 3. The number of hydrogen-bond donors (Lipinski definition) is 1. The lowest BCUT2D eigenvalue weighted by Crippen LogP contribution is -2.57. The number of carbonyl (C=O) groups excluding carboxylic acids is 2. The Balaban J connectivity index is 2.37. The van der Waals surface area contributed by atoms with Crippen LogP contribution in [0.5, 0.6) is 0 Å². The highest BCUT2D eigenvalue weighted by Gasteiger charge is 2.37. The van der Waals surface area contributed by atoms with Gasteiger partial charge in [-0.3, -0.25) is 15.0 Å². The second-order valence-corrected chi connectivity index (χ2v) is 2.52. The molecule has 62 valence electrons. The van der Waals surface area contributed by atoms with E-state index in [2.05, 4.69) is 15.3 Å². The molecule has 0 unspecified atom stereocenters. The normalized spacial score (nSPS) is 26.9. The van der Waals surface area contributed by atoms with Gasteiger partial charge >= 0.3 is 6.03 Å². The molecule has 1 atom stereocenters. The van der Waals surface area contributed by atoms with Crippen LogP contribution in [0.4, 0.5) is 4.79 Å². The number of aliphatic imine (C=N–C) groups is 2. The highest BCUT2D eigenvalue weighted by molar-refractivity contribution is 6.46. The van der Waals surface area contributed by atoms with E-state index in [-0.39, 0.29) is 5.71 Å². The lowest BCUT2D eigenvalue weighted by molar-refractivity contribution is -0.114. The number of urea groups is 1. The third-order valence-corrected chi connectivity index (χ3v) is 1.79. The molecule has 0 aromatic carbocycles. The molecule has 0 aromatic heterocycles. The maximum Gasteiger partial charge on any atom is 0.326 e. The molecule has 6 nitrogen and oxygen atoms in total. The lowest BCUT2D eigenvalue weighted by atomic mass is 10.2. The molecule has 3 amide bonds. The van der Waals surface area contributed by atoms with Gasteiger partial charge in [-0.05, 0) is 0 Å². The van der Waals surface area contributed by atoms with Gasteiger partial charge in [0, 0.05) is 7.05 Å². The number of imide groups is 1. The fourth-order valence-electron chi connectivity index (χ4n) is 1.12. The van der Waals surface area contributed by atoms with Crippen molar-refractivity contribution in [2.24, 2.45) is 9.98 Å². The van der Waals surface area contributed by atoms with Crippen LogP contribution in [-0.2, 0) is 4.79 Å².